The number of hydrogen-bond donors (Lipinski definition) is 2. The Morgan fingerprint density at radius 3 is 2.40 bits per heavy atom. The van der Waals surface area contributed by atoms with E-state index in [0.29, 0.717) is 11.3 Å². The molecule has 0 aliphatic carbocycles. The number of nitrogens with zero attached hydrogens (tertiary/aromatic N) is 1. The van der Waals surface area contributed by atoms with Crippen LogP contribution in [0.25, 0.3) is 11.3 Å². The van der Waals surface area contributed by atoms with Crippen molar-refractivity contribution in [3.8, 4) is 17.3 Å². The maximum atomic E-state index is 13.9. The predicted molar refractivity (Wildman–Crippen MR) is 88.1 cm³/mol. The Morgan fingerprint density at radius 1 is 1.04 bits per heavy atom. The van der Waals surface area contributed by atoms with E-state index in [2.05, 4.69) is 9.71 Å². The molecule has 5 nitrogen and oxygen atoms in total. The van der Waals surface area contributed by atoms with Gasteiger partial charge >= 0.3 is 0 Å². The fourth-order valence-electron chi connectivity index (χ4n) is 2.20. The minimum absolute atomic E-state index is 0.0840. The number of sulfonamides is 1. The topological polar surface area (TPSA) is 85.8 Å². The summed E-state index contributed by atoms with van der Waals surface area (Å²) < 4.78 is 53.7. The molecule has 0 bridgehead atoms. The van der Waals surface area contributed by atoms with Gasteiger partial charge in [-0.25, -0.2) is 17.2 Å². The number of rotatable bonds is 4. The lowest BCUT2D eigenvalue weighted by Crippen LogP contribution is -2.13. The van der Waals surface area contributed by atoms with Crippen molar-refractivity contribution >= 4 is 15.7 Å². The minimum atomic E-state index is -4.03. The van der Waals surface area contributed by atoms with Gasteiger partial charge in [0.25, 0.3) is 10.0 Å². The van der Waals surface area contributed by atoms with Gasteiger partial charge in [-0.2, -0.15) is 5.26 Å². The molecule has 0 unspecified atom stereocenters. The van der Waals surface area contributed by atoms with Gasteiger partial charge in [-0.1, -0.05) is 0 Å². The third kappa shape index (κ3) is 3.51. The molecular formula is C17H11F2N3O2S. The number of benzene rings is 2. The highest BCUT2D eigenvalue weighted by Crippen LogP contribution is 2.24. The molecule has 8 heteroatoms. The Kier molecular flexibility index (Phi) is 4.25. The third-order valence-corrected chi connectivity index (χ3v) is 4.81. The van der Waals surface area contributed by atoms with Gasteiger partial charge in [0.1, 0.15) is 16.5 Å². The highest BCUT2D eigenvalue weighted by atomic mass is 32.2. The standard InChI is InChI=1S/C17H11F2N3O2S/c18-13-4-2-12(3-5-13)17-8-14(10-21-17)25(23,24)22-16-6-1-11(9-20)7-15(16)19/h1-8,10,21-22H. The molecule has 2 N–H and O–H groups in total. The molecule has 0 atom stereocenters. The lowest BCUT2D eigenvalue weighted by molar-refractivity contribution is 0.598. The second-order valence-electron chi connectivity index (χ2n) is 5.17. The molecule has 0 saturated carbocycles. The van der Waals surface area contributed by atoms with Crippen molar-refractivity contribution < 1.29 is 17.2 Å². The molecule has 0 saturated heterocycles. The van der Waals surface area contributed by atoms with Crippen LogP contribution in [0.4, 0.5) is 14.5 Å². The lowest BCUT2D eigenvalue weighted by Gasteiger charge is -2.07. The molecule has 1 heterocycles. The first-order chi connectivity index (χ1) is 11.9. The molecule has 2 aromatic carbocycles. The molecule has 0 aliphatic rings. The average molecular weight is 359 g/mol. The maximum absolute atomic E-state index is 13.9. The summed E-state index contributed by atoms with van der Waals surface area (Å²) in [6.45, 7) is 0. The predicted octanol–water partition coefficient (Wildman–Crippen LogP) is 3.63. The maximum Gasteiger partial charge on any atom is 0.263 e. The van der Waals surface area contributed by atoms with Crippen LogP contribution in [0.15, 0.2) is 59.6 Å². The van der Waals surface area contributed by atoms with E-state index in [9.17, 15) is 17.2 Å². The van der Waals surface area contributed by atoms with E-state index in [-0.39, 0.29) is 16.1 Å². The van der Waals surface area contributed by atoms with Crippen LogP contribution >= 0.6 is 0 Å². The van der Waals surface area contributed by atoms with Crippen molar-refractivity contribution in [2.45, 2.75) is 4.90 Å². The summed E-state index contributed by atoms with van der Waals surface area (Å²) in [4.78, 5) is 2.69. The fourth-order valence-corrected chi connectivity index (χ4v) is 3.26. The number of nitrogens with one attached hydrogen (secondary N) is 2. The molecule has 126 valence electrons. The van der Waals surface area contributed by atoms with Crippen molar-refractivity contribution in [3.05, 3.63) is 71.9 Å². The second kappa shape index (κ2) is 6.37. The highest BCUT2D eigenvalue weighted by Gasteiger charge is 2.18. The summed E-state index contributed by atoms with van der Waals surface area (Å²) in [7, 11) is -4.03. The van der Waals surface area contributed by atoms with Crippen molar-refractivity contribution in [1.29, 1.82) is 5.26 Å². The van der Waals surface area contributed by atoms with E-state index in [1.165, 1.54) is 48.7 Å². The van der Waals surface area contributed by atoms with E-state index < -0.39 is 21.7 Å². The van der Waals surface area contributed by atoms with Gasteiger partial charge in [-0.3, -0.25) is 4.72 Å². The summed E-state index contributed by atoms with van der Waals surface area (Å²) in [5, 5.41) is 8.71. The number of anilines is 1. The van der Waals surface area contributed by atoms with Crippen molar-refractivity contribution in [2.24, 2.45) is 0 Å². The van der Waals surface area contributed by atoms with Gasteiger partial charge in [0.05, 0.1) is 17.3 Å². The summed E-state index contributed by atoms with van der Waals surface area (Å²) >= 11 is 0. The van der Waals surface area contributed by atoms with Crippen LogP contribution in [-0.2, 0) is 10.0 Å². The molecule has 0 amide bonds. The van der Waals surface area contributed by atoms with E-state index in [1.807, 2.05) is 0 Å². The Hall–Kier alpha value is -3.18. The number of nitriles is 1. The zero-order chi connectivity index (χ0) is 18.0. The van der Waals surface area contributed by atoms with Crippen LogP contribution in [0, 0.1) is 23.0 Å². The smallest absolute Gasteiger partial charge is 0.263 e. The summed E-state index contributed by atoms with van der Waals surface area (Å²) in [5.74, 6) is -1.25. The van der Waals surface area contributed by atoms with Crippen LogP contribution in [0.2, 0.25) is 0 Å². The van der Waals surface area contributed by atoms with E-state index in [4.69, 9.17) is 5.26 Å². The third-order valence-electron chi connectivity index (χ3n) is 3.46. The summed E-state index contributed by atoms with van der Waals surface area (Å²) in [5.41, 5.74) is 0.900. The van der Waals surface area contributed by atoms with Crippen molar-refractivity contribution in [2.75, 3.05) is 4.72 Å². The van der Waals surface area contributed by atoms with Gasteiger partial charge in [0, 0.05) is 11.9 Å². The normalized spacial score (nSPS) is 11.1. The SMILES string of the molecule is N#Cc1ccc(NS(=O)(=O)c2c[nH]c(-c3ccc(F)cc3)c2)c(F)c1. The molecule has 0 aliphatic heterocycles. The number of aromatic nitrogens is 1. The van der Waals surface area contributed by atoms with Crippen LogP contribution < -0.4 is 4.72 Å². The van der Waals surface area contributed by atoms with Gasteiger partial charge in [0.15, 0.2) is 0 Å². The summed E-state index contributed by atoms with van der Waals surface area (Å²) in [6.07, 6.45) is 1.25. The molecule has 3 aromatic rings. The lowest BCUT2D eigenvalue weighted by atomic mass is 10.1. The first-order valence-electron chi connectivity index (χ1n) is 7.06. The Labute approximate surface area is 142 Å². The van der Waals surface area contributed by atoms with Gasteiger partial charge < -0.3 is 4.98 Å². The number of halogens is 2. The van der Waals surface area contributed by atoms with E-state index in [1.54, 1.807) is 6.07 Å². The molecule has 3 rings (SSSR count). The number of hydrogen-bond acceptors (Lipinski definition) is 3. The van der Waals surface area contributed by atoms with Crippen LogP contribution in [0.1, 0.15) is 5.56 Å². The van der Waals surface area contributed by atoms with E-state index in [0.717, 1.165) is 6.07 Å². The molecule has 0 fully saturated rings. The Balaban J connectivity index is 1.88. The Bertz CT molecular complexity index is 1070. The van der Waals surface area contributed by atoms with Crippen molar-refractivity contribution in [3.63, 3.8) is 0 Å². The van der Waals surface area contributed by atoms with Crippen LogP contribution in [0.5, 0.6) is 0 Å². The first kappa shape index (κ1) is 16.7. The highest BCUT2D eigenvalue weighted by molar-refractivity contribution is 7.92. The number of H-pyrrole nitrogens is 1. The first-order valence-corrected chi connectivity index (χ1v) is 8.54. The largest absolute Gasteiger partial charge is 0.360 e. The second-order valence-corrected chi connectivity index (χ2v) is 6.85. The van der Waals surface area contributed by atoms with Gasteiger partial charge in [-0.15, -0.1) is 0 Å². The zero-order valence-electron chi connectivity index (χ0n) is 12.6. The fraction of sp³-hybridized carbons (Fsp3) is 0. The Morgan fingerprint density at radius 2 is 1.76 bits per heavy atom. The molecule has 1 aromatic heterocycles. The van der Waals surface area contributed by atoms with Crippen molar-refractivity contribution in [1.82, 2.24) is 4.98 Å². The quantitative estimate of drug-likeness (QED) is 0.746. The molecular weight excluding hydrogens is 348 g/mol. The van der Waals surface area contributed by atoms with Crippen LogP contribution in [-0.4, -0.2) is 13.4 Å². The molecule has 25 heavy (non-hydrogen) atoms. The number of aromatic amines is 1. The average Bonchev–Trinajstić information content (AvgIpc) is 3.08. The van der Waals surface area contributed by atoms with E-state index >= 15 is 0 Å². The van der Waals surface area contributed by atoms with Gasteiger partial charge in [-0.05, 0) is 54.1 Å². The van der Waals surface area contributed by atoms with Crippen LogP contribution in [0.3, 0.4) is 0 Å². The summed E-state index contributed by atoms with van der Waals surface area (Å²) in [6, 6.07) is 12.1. The zero-order valence-corrected chi connectivity index (χ0v) is 13.4. The molecule has 0 radical (unpaired) electrons. The van der Waals surface area contributed by atoms with Gasteiger partial charge in [0.2, 0.25) is 0 Å². The molecule has 0 spiro atoms. The minimum Gasteiger partial charge on any atom is -0.360 e. The monoisotopic (exact) mass is 359 g/mol.